The minimum atomic E-state index is -0.0754. The van der Waals surface area contributed by atoms with Crippen LogP contribution in [0.1, 0.15) is 0 Å². The molecule has 0 radical (unpaired) electrons. The molecule has 76 valence electrons. The minimum absolute atomic E-state index is 0.0754. The number of allylic oxidation sites excluding steroid dienone is 2. The second-order valence-corrected chi connectivity index (χ2v) is 3.00. The Kier molecular flexibility index (Phi) is 3.48. The van der Waals surface area contributed by atoms with Crippen LogP contribution in [0, 0.1) is 0 Å². The van der Waals surface area contributed by atoms with Crippen molar-refractivity contribution in [3.8, 4) is 0 Å². The van der Waals surface area contributed by atoms with Crippen LogP contribution in [0.4, 0.5) is 0 Å². The molecule has 0 bridgehead atoms. The molecule has 1 saturated heterocycles. The van der Waals surface area contributed by atoms with Gasteiger partial charge in [0.25, 0.3) is 5.91 Å². The molecule has 0 aromatic heterocycles. The summed E-state index contributed by atoms with van der Waals surface area (Å²) in [6, 6.07) is 0. The zero-order valence-corrected chi connectivity index (χ0v) is 8.03. The average molecular weight is 194 g/mol. The molecule has 4 heteroatoms. The van der Waals surface area contributed by atoms with Crippen molar-refractivity contribution in [3.05, 3.63) is 36.7 Å². The molecule has 1 aliphatic rings. The maximum atomic E-state index is 11.3. The van der Waals surface area contributed by atoms with Crippen LogP contribution in [0.25, 0.3) is 0 Å². The zero-order valence-electron chi connectivity index (χ0n) is 8.03. The van der Waals surface area contributed by atoms with Crippen LogP contribution in [-0.2, 0) is 9.53 Å². The molecule has 0 aliphatic carbocycles. The van der Waals surface area contributed by atoms with Gasteiger partial charge < -0.3 is 15.4 Å². The summed E-state index contributed by atoms with van der Waals surface area (Å²) in [6.45, 7) is 8.49. The predicted molar refractivity (Wildman–Crippen MR) is 54.1 cm³/mol. The average Bonchev–Trinajstić information content (AvgIpc) is 2.15. The zero-order chi connectivity index (χ0) is 10.6. The van der Waals surface area contributed by atoms with E-state index in [4.69, 9.17) is 10.5 Å². The molecule has 0 saturated carbocycles. The van der Waals surface area contributed by atoms with Crippen molar-refractivity contribution >= 4 is 5.91 Å². The van der Waals surface area contributed by atoms with Gasteiger partial charge in [0.1, 0.15) is 6.61 Å². The maximum absolute atomic E-state index is 11.3. The predicted octanol–water partition coefficient (Wildman–Crippen LogP) is 0.387. The molecule has 0 atom stereocenters. The minimum Gasteiger partial charge on any atom is -0.399 e. The summed E-state index contributed by atoms with van der Waals surface area (Å²) >= 11 is 0. The van der Waals surface area contributed by atoms with Crippen LogP contribution in [0.5, 0.6) is 0 Å². The van der Waals surface area contributed by atoms with Crippen LogP contribution in [-0.4, -0.2) is 30.6 Å². The van der Waals surface area contributed by atoms with E-state index < -0.39 is 0 Å². The van der Waals surface area contributed by atoms with Crippen molar-refractivity contribution in [2.24, 2.45) is 5.73 Å². The molecule has 0 unspecified atom stereocenters. The van der Waals surface area contributed by atoms with E-state index in [1.165, 1.54) is 0 Å². The van der Waals surface area contributed by atoms with Crippen molar-refractivity contribution in [1.82, 2.24) is 4.90 Å². The van der Waals surface area contributed by atoms with E-state index in [0.717, 1.165) is 0 Å². The number of carbonyl (C=O) groups is 1. The van der Waals surface area contributed by atoms with Gasteiger partial charge in [-0.15, -0.1) is 0 Å². The van der Waals surface area contributed by atoms with Gasteiger partial charge >= 0.3 is 0 Å². The largest absolute Gasteiger partial charge is 0.399 e. The first-order valence-electron chi connectivity index (χ1n) is 4.30. The van der Waals surface area contributed by atoms with E-state index >= 15 is 0 Å². The number of ether oxygens (including phenoxy) is 1. The molecule has 0 aromatic carbocycles. The highest BCUT2D eigenvalue weighted by Gasteiger charge is 2.19. The van der Waals surface area contributed by atoms with E-state index in [1.807, 2.05) is 0 Å². The fraction of sp³-hybridized carbons (Fsp3) is 0.300. The number of rotatable bonds is 3. The lowest BCUT2D eigenvalue weighted by Gasteiger charge is -2.26. The van der Waals surface area contributed by atoms with E-state index in [-0.39, 0.29) is 12.5 Å². The number of hydrogen-bond donors (Lipinski definition) is 1. The summed E-state index contributed by atoms with van der Waals surface area (Å²) < 4.78 is 4.99. The first-order chi connectivity index (χ1) is 6.61. The van der Waals surface area contributed by atoms with E-state index in [2.05, 4.69) is 13.2 Å². The third-order valence-corrected chi connectivity index (χ3v) is 1.82. The van der Waals surface area contributed by atoms with Gasteiger partial charge in [-0.3, -0.25) is 4.79 Å². The highest BCUT2D eigenvalue weighted by molar-refractivity contribution is 5.80. The van der Waals surface area contributed by atoms with Crippen molar-refractivity contribution in [3.63, 3.8) is 0 Å². The topological polar surface area (TPSA) is 55.6 Å². The second kappa shape index (κ2) is 4.62. The van der Waals surface area contributed by atoms with Gasteiger partial charge in [-0.25, -0.2) is 0 Å². The van der Waals surface area contributed by atoms with Crippen molar-refractivity contribution in [2.75, 3.05) is 19.8 Å². The number of nitrogens with two attached hydrogens (primary N) is 1. The molecule has 0 aromatic rings. The Morgan fingerprint density at radius 1 is 1.50 bits per heavy atom. The quantitative estimate of drug-likeness (QED) is 0.661. The Morgan fingerprint density at radius 3 is 2.79 bits per heavy atom. The Morgan fingerprint density at radius 2 is 2.21 bits per heavy atom. The lowest BCUT2D eigenvalue weighted by atomic mass is 10.3. The Balaban J connectivity index is 2.59. The molecule has 1 heterocycles. The van der Waals surface area contributed by atoms with Gasteiger partial charge in [0.05, 0.1) is 6.61 Å². The molecule has 0 spiro atoms. The standard InChI is InChI=1S/C10H14N2O2/c1-8(11)3-4-9(2)12-5-6-14-7-10(12)13/h3-4H,1-2,5-7,11H2/b4-3-. The normalized spacial score (nSPS) is 17.4. The number of nitrogens with zero attached hydrogens (tertiary/aromatic N) is 1. The summed E-state index contributed by atoms with van der Waals surface area (Å²) in [7, 11) is 0. The number of amides is 1. The van der Waals surface area contributed by atoms with Gasteiger partial charge in [-0.2, -0.15) is 0 Å². The van der Waals surface area contributed by atoms with Crippen LogP contribution >= 0.6 is 0 Å². The van der Waals surface area contributed by atoms with Gasteiger partial charge in [0.2, 0.25) is 0 Å². The highest BCUT2D eigenvalue weighted by atomic mass is 16.5. The molecule has 4 nitrogen and oxygen atoms in total. The number of morpholine rings is 1. The Bertz CT molecular complexity index is 294. The SMILES string of the molecule is C=C(N)/C=C\C(=C)N1CCOCC1=O. The first-order valence-corrected chi connectivity index (χ1v) is 4.30. The molecule has 1 fully saturated rings. The van der Waals surface area contributed by atoms with Gasteiger partial charge in [0.15, 0.2) is 0 Å². The smallest absolute Gasteiger partial charge is 0.253 e. The molecule has 14 heavy (non-hydrogen) atoms. The number of carbonyl (C=O) groups excluding carboxylic acids is 1. The maximum Gasteiger partial charge on any atom is 0.253 e. The highest BCUT2D eigenvalue weighted by Crippen LogP contribution is 2.08. The summed E-state index contributed by atoms with van der Waals surface area (Å²) in [4.78, 5) is 12.9. The molecular weight excluding hydrogens is 180 g/mol. The third kappa shape index (κ3) is 2.74. The fourth-order valence-corrected chi connectivity index (χ4v) is 1.11. The summed E-state index contributed by atoms with van der Waals surface area (Å²) in [5, 5.41) is 0. The van der Waals surface area contributed by atoms with Gasteiger partial charge in [0, 0.05) is 17.9 Å². The molecular formula is C10H14N2O2. The number of hydrogen-bond acceptors (Lipinski definition) is 3. The van der Waals surface area contributed by atoms with Crippen molar-refractivity contribution in [2.45, 2.75) is 0 Å². The van der Waals surface area contributed by atoms with Gasteiger partial charge in [-0.1, -0.05) is 13.2 Å². The van der Waals surface area contributed by atoms with Crippen LogP contribution in [0.3, 0.4) is 0 Å². The molecule has 2 N–H and O–H groups in total. The summed E-state index contributed by atoms with van der Waals surface area (Å²) in [6.07, 6.45) is 3.29. The lowest BCUT2D eigenvalue weighted by Crippen LogP contribution is -2.40. The monoisotopic (exact) mass is 194 g/mol. The molecule has 1 amide bonds. The Hall–Kier alpha value is -1.55. The molecule has 1 aliphatic heterocycles. The lowest BCUT2D eigenvalue weighted by molar-refractivity contribution is -0.139. The molecule has 1 rings (SSSR count). The Labute approximate surface area is 83.3 Å². The fourth-order valence-electron chi connectivity index (χ4n) is 1.11. The van der Waals surface area contributed by atoms with E-state index in [0.29, 0.717) is 24.5 Å². The first kappa shape index (κ1) is 10.5. The van der Waals surface area contributed by atoms with Crippen LogP contribution < -0.4 is 5.73 Å². The van der Waals surface area contributed by atoms with Crippen molar-refractivity contribution < 1.29 is 9.53 Å². The second-order valence-electron chi connectivity index (χ2n) is 3.00. The van der Waals surface area contributed by atoms with Crippen molar-refractivity contribution in [1.29, 1.82) is 0 Å². The van der Waals surface area contributed by atoms with E-state index in [1.54, 1.807) is 17.1 Å². The van der Waals surface area contributed by atoms with Crippen LogP contribution in [0.2, 0.25) is 0 Å². The van der Waals surface area contributed by atoms with Crippen LogP contribution in [0.15, 0.2) is 36.7 Å². The summed E-state index contributed by atoms with van der Waals surface area (Å²) in [5.41, 5.74) is 6.41. The van der Waals surface area contributed by atoms with Gasteiger partial charge in [-0.05, 0) is 12.2 Å². The third-order valence-electron chi connectivity index (χ3n) is 1.82. The van der Waals surface area contributed by atoms with E-state index in [9.17, 15) is 4.79 Å². The summed E-state index contributed by atoms with van der Waals surface area (Å²) in [5.74, 6) is -0.0754.